The fourth-order valence-electron chi connectivity index (χ4n) is 4.98. The average molecular weight is 451 g/mol. The quantitative estimate of drug-likeness (QED) is 0.253. The highest BCUT2D eigenvalue weighted by atomic mass is 16.1. The summed E-state index contributed by atoms with van der Waals surface area (Å²) in [7, 11) is 0. The van der Waals surface area contributed by atoms with Crippen LogP contribution in [-0.4, -0.2) is 9.38 Å². The summed E-state index contributed by atoms with van der Waals surface area (Å²) in [4.78, 5) is 18.8. The van der Waals surface area contributed by atoms with Crippen LogP contribution in [0.25, 0.3) is 60.5 Å². The number of benzene rings is 5. The molecule has 3 nitrogen and oxygen atoms in total. The summed E-state index contributed by atoms with van der Waals surface area (Å²) in [5, 5.41) is 3.76. The summed E-state index contributed by atoms with van der Waals surface area (Å²) in [5.74, 6) is 0. The molecule has 0 aliphatic carbocycles. The van der Waals surface area contributed by atoms with Crippen LogP contribution < -0.4 is 5.56 Å². The average Bonchev–Trinajstić information content (AvgIpc) is 3.33. The summed E-state index contributed by atoms with van der Waals surface area (Å²) in [5.41, 5.74) is 6.72. The maximum Gasteiger partial charge on any atom is 0.264 e. The molecule has 0 atom stereocenters. The lowest BCUT2D eigenvalue weighted by Gasteiger charge is -2.10. The number of aromatic nitrogens is 2. The van der Waals surface area contributed by atoms with Gasteiger partial charge in [0, 0.05) is 16.2 Å². The van der Waals surface area contributed by atoms with Crippen LogP contribution in [0.3, 0.4) is 0 Å². The van der Waals surface area contributed by atoms with Crippen LogP contribution in [0.4, 0.5) is 0 Å². The lowest BCUT2D eigenvalue weighted by atomic mass is 9.96. The van der Waals surface area contributed by atoms with Crippen molar-refractivity contribution in [3.63, 3.8) is 0 Å². The fraction of sp³-hybridized carbons (Fsp3) is 0. The number of pyridine rings is 1. The summed E-state index contributed by atoms with van der Waals surface area (Å²) in [6.45, 7) is 6.00. The van der Waals surface area contributed by atoms with Gasteiger partial charge in [-0.1, -0.05) is 84.9 Å². The minimum atomic E-state index is -0.0264. The van der Waals surface area contributed by atoms with Crippen LogP contribution in [0, 0.1) is 0 Å². The first-order chi connectivity index (χ1) is 17.3. The van der Waals surface area contributed by atoms with Crippen molar-refractivity contribution in [2.24, 2.45) is 0 Å². The van der Waals surface area contributed by atoms with Gasteiger partial charge in [0.05, 0.1) is 11.0 Å². The van der Waals surface area contributed by atoms with E-state index in [-0.39, 0.29) is 5.56 Å². The van der Waals surface area contributed by atoms with E-state index in [1.54, 1.807) is 4.40 Å². The van der Waals surface area contributed by atoms with Gasteiger partial charge >= 0.3 is 0 Å². The van der Waals surface area contributed by atoms with Gasteiger partial charge in [0.25, 0.3) is 5.56 Å². The van der Waals surface area contributed by atoms with Crippen LogP contribution in [0.1, 0.15) is 0 Å². The molecule has 7 aromatic rings. The number of fused-ring (bicyclic) bond motifs is 4. The van der Waals surface area contributed by atoms with Gasteiger partial charge in [-0.2, -0.15) is 0 Å². The van der Waals surface area contributed by atoms with Gasteiger partial charge in [-0.25, -0.2) is 4.98 Å². The van der Waals surface area contributed by atoms with Crippen LogP contribution in [0.5, 0.6) is 0 Å². The Kier molecular flexibility index (Phi) is 4.89. The third-order valence-corrected chi connectivity index (χ3v) is 6.52. The Morgan fingerprint density at radius 3 is 2.00 bits per heavy atom. The first kappa shape index (κ1) is 20.8. The molecule has 166 valence electrons. The van der Waals surface area contributed by atoms with E-state index in [2.05, 4.69) is 67.8 Å². The lowest BCUT2D eigenvalue weighted by Crippen LogP contribution is -2.13. The van der Waals surface area contributed by atoms with Gasteiger partial charge in [-0.3, -0.25) is 9.20 Å². The molecular weight excluding hydrogens is 428 g/mol. The minimum Gasteiger partial charge on any atom is -0.268 e. The monoisotopic (exact) mass is 450 g/mol. The van der Waals surface area contributed by atoms with Gasteiger partial charge in [0.1, 0.15) is 5.65 Å². The van der Waals surface area contributed by atoms with E-state index in [0.717, 1.165) is 54.8 Å². The fourth-order valence-corrected chi connectivity index (χ4v) is 4.98. The SMILES string of the molecule is C=C.O=c1c2cc(-c3ccccc3)cc3cccc(c32)c2nc3cc(-c4ccccc4)ccc3n12. The summed E-state index contributed by atoms with van der Waals surface area (Å²) in [6.07, 6.45) is 0. The van der Waals surface area contributed by atoms with E-state index in [0.29, 0.717) is 5.65 Å². The van der Waals surface area contributed by atoms with E-state index >= 15 is 0 Å². The molecule has 2 heterocycles. The first-order valence-electron chi connectivity index (χ1n) is 11.5. The second-order valence-corrected chi connectivity index (χ2v) is 8.44. The van der Waals surface area contributed by atoms with E-state index < -0.39 is 0 Å². The molecule has 0 radical (unpaired) electrons. The van der Waals surface area contributed by atoms with Gasteiger partial charge in [0.2, 0.25) is 0 Å². The van der Waals surface area contributed by atoms with E-state index in [9.17, 15) is 4.79 Å². The molecule has 0 spiro atoms. The molecule has 0 unspecified atom stereocenters. The molecule has 0 N–H and O–H groups in total. The van der Waals surface area contributed by atoms with Crippen LogP contribution >= 0.6 is 0 Å². The molecule has 3 heteroatoms. The number of hydrogen-bond acceptors (Lipinski definition) is 2. The largest absolute Gasteiger partial charge is 0.268 e. The predicted octanol–water partition coefficient (Wildman–Crippen LogP) is 7.73. The van der Waals surface area contributed by atoms with Crippen LogP contribution in [0.2, 0.25) is 0 Å². The third kappa shape index (κ3) is 3.21. The van der Waals surface area contributed by atoms with Crippen molar-refractivity contribution >= 4 is 38.2 Å². The van der Waals surface area contributed by atoms with Gasteiger partial charge < -0.3 is 0 Å². The van der Waals surface area contributed by atoms with Gasteiger partial charge in [0.15, 0.2) is 0 Å². The Labute approximate surface area is 202 Å². The highest BCUT2D eigenvalue weighted by Crippen LogP contribution is 2.34. The van der Waals surface area contributed by atoms with Crippen molar-refractivity contribution in [1.29, 1.82) is 0 Å². The summed E-state index contributed by atoms with van der Waals surface area (Å²) < 4.78 is 1.77. The summed E-state index contributed by atoms with van der Waals surface area (Å²) >= 11 is 0. The van der Waals surface area contributed by atoms with E-state index in [1.165, 1.54) is 0 Å². The zero-order valence-electron chi connectivity index (χ0n) is 19.1. The summed E-state index contributed by atoms with van der Waals surface area (Å²) in [6, 6.07) is 37.0. The molecular formula is C32H22N2O. The second-order valence-electron chi connectivity index (χ2n) is 8.44. The highest BCUT2D eigenvalue weighted by Gasteiger charge is 2.17. The van der Waals surface area contributed by atoms with Gasteiger partial charge in [-0.15, -0.1) is 13.2 Å². The van der Waals surface area contributed by atoms with E-state index in [1.807, 2.05) is 54.6 Å². The van der Waals surface area contributed by atoms with Crippen molar-refractivity contribution in [2.75, 3.05) is 0 Å². The zero-order chi connectivity index (χ0) is 23.9. The topological polar surface area (TPSA) is 34.4 Å². The smallest absolute Gasteiger partial charge is 0.264 e. The molecule has 0 aliphatic rings. The van der Waals surface area contributed by atoms with Crippen molar-refractivity contribution in [2.45, 2.75) is 0 Å². The second kappa shape index (κ2) is 8.23. The van der Waals surface area contributed by atoms with Crippen molar-refractivity contribution in [3.8, 4) is 22.3 Å². The standard InChI is InChI=1S/C30H18N2O.C2H4/c33-30-25-17-23(20-10-5-2-6-11-20)16-22-12-7-13-24(28(22)25)29-31-26-18-21(14-15-27(26)32(29)30)19-8-3-1-4-9-19;1-2/h1-18H;1-2H2. The Hall–Kier alpha value is -4.76. The third-order valence-electron chi connectivity index (χ3n) is 6.52. The first-order valence-corrected chi connectivity index (χ1v) is 11.5. The Morgan fingerprint density at radius 2 is 1.29 bits per heavy atom. The maximum absolute atomic E-state index is 13.8. The number of nitrogens with zero attached hydrogens (tertiary/aromatic N) is 2. The van der Waals surface area contributed by atoms with E-state index in [4.69, 9.17) is 4.98 Å². The predicted molar refractivity (Wildman–Crippen MR) is 147 cm³/mol. The Balaban J connectivity index is 0.00000112. The van der Waals surface area contributed by atoms with Crippen molar-refractivity contribution in [3.05, 3.63) is 133 Å². The maximum atomic E-state index is 13.8. The molecule has 0 fully saturated rings. The normalized spacial score (nSPS) is 11.2. The Morgan fingerprint density at radius 1 is 0.600 bits per heavy atom. The molecule has 2 aromatic heterocycles. The van der Waals surface area contributed by atoms with Gasteiger partial charge in [-0.05, 0) is 51.9 Å². The lowest BCUT2D eigenvalue weighted by molar-refractivity contribution is 1.19. The number of imidazole rings is 1. The molecule has 0 aliphatic heterocycles. The van der Waals surface area contributed by atoms with Crippen LogP contribution in [0.15, 0.2) is 127 Å². The molecule has 0 bridgehead atoms. The molecule has 0 saturated carbocycles. The number of rotatable bonds is 2. The molecule has 5 aromatic carbocycles. The highest BCUT2D eigenvalue weighted by molar-refractivity contribution is 6.16. The molecule has 35 heavy (non-hydrogen) atoms. The minimum absolute atomic E-state index is 0.0264. The van der Waals surface area contributed by atoms with Crippen molar-refractivity contribution in [1.82, 2.24) is 9.38 Å². The zero-order valence-corrected chi connectivity index (χ0v) is 19.1. The molecule has 0 saturated heterocycles. The molecule has 7 rings (SSSR count). The van der Waals surface area contributed by atoms with Crippen molar-refractivity contribution < 1.29 is 0 Å². The Bertz CT molecular complexity index is 1890. The van der Waals surface area contributed by atoms with Crippen LogP contribution in [-0.2, 0) is 0 Å². The number of hydrogen-bond donors (Lipinski definition) is 0. The molecule has 0 amide bonds.